The molecule has 0 spiro atoms. The fourth-order valence-electron chi connectivity index (χ4n) is 10.7. The van der Waals surface area contributed by atoms with Gasteiger partial charge in [0.15, 0.2) is 0 Å². The highest BCUT2D eigenvalue weighted by atomic mass is 16.5. The van der Waals surface area contributed by atoms with Crippen LogP contribution in [0, 0.1) is 5.41 Å². The van der Waals surface area contributed by atoms with Crippen LogP contribution in [-0.2, 0) is 31.9 Å². The third-order valence-corrected chi connectivity index (χ3v) is 13.2. The molecule has 0 radical (unpaired) electrons. The molecule has 0 heterocycles. The van der Waals surface area contributed by atoms with Gasteiger partial charge < -0.3 is 19.3 Å². The molecule has 51 heavy (non-hydrogen) atoms. The Kier molecular flexibility index (Phi) is 12.9. The molecule has 0 aromatic heterocycles. The van der Waals surface area contributed by atoms with Crippen molar-refractivity contribution in [3.05, 3.63) is 59.7 Å². The molecule has 0 bridgehead atoms. The SMILES string of the molecule is O=C(COCC1(COCC(=O)N(C2CCCCC2)C2CCCCC2)Cc2ccccc2-c2ccccc2C1)N(C1CCCCC1)C1CCCCC1. The summed E-state index contributed by atoms with van der Waals surface area (Å²) in [5.74, 6) is 0.343. The third-order valence-electron chi connectivity index (χ3n) is 13.2. The predicted molar refractivity (Wildman–Crippen MR) is 205 cm³/mol. The summed E-state index contributed by atoms with van der Waals surface area (Å²) in [6.07, 6.45) is 25.5. The first-order chi connectivity index (χ1) is 25.1. The Labute approximate surface area is 308 Å². The minimum Gasteiger partial charge on any atom is -0.371 e. The normalized spacial score (nSPS) is 22.0. The highest BCUT2D eigenvalue weighted by molar-refractivity contribution is 5.79. The van der Waals surface area contributed by atoms with Gasteiger partial charge in [0.1, 0.15) is 13.2 Å². The van der Waals surface area contributed by atoms with Gasteiger partial charge >= 0.3 is 0 Å². The maximum Gasteiger partial charge on any atom is 0.249 e. The molecule has 4 saturated carbocycles. The maximum absolute atomic E-state index is 14.2. The summed E-state index contributed by atoms with van der Waals surface area (Å²) < 4.78 is 13.2. The van der Waals surface area contributed by atoms with E-state index < -0.39 is 5.41 Å². The molecule has 0 N–H and O–H groups in total. The number of nitrogens with zero attached hydrogens (tertiary/aromatic N) is 2. The summed E-state index contributed by atoms with van der Waals surface area (Å²) in [5.41, 5.74) is 4.70. The Morgan fingerprint density at radius 2 is 0.804 bits per heavy atom. The molecule has 0 atom stereocenters. The average Bonchev–Trinajstić information content (AvgIpc) is 3.31. The van der Waals surface area contributed by atoms with Crippen molar-refractivity contribution in [2.75, 3.05) is 26.4 Å². The van der Waals surface area contributed by atoms with E-state index in [9.17, 15) is 9.59 Å². The molecular weight excluding hydrogens is 633 g/mol. The Bertz CT molecular complexity index is 1270. The average molecular weight is 697 g/mol. The molecule has 7 rings (SSSR count). The quantitative estimate of drug-likeness (QED) is 0.222. The molecule has 0 aliphatic heterocycles. The third kappa shape index (κ3) is 9.10. The van der Waals surface area contributed by atoms with Crippen LogP contribution >= 0.6 is 0 Å². The van der Waals surface area contributed by atoms with E-state index in [1.165, 1.54) is 99.3 Å². The van der Waals surface area contributed by atoms with Crippen molar-refractivity contribution in [2.45, 2.75) is 165 Å². The summed E-state index contributed by atoms with van der Waals surface area (Å²) in [6, 6.07) is 18.9. The number of carbonyl (C=O) groups excluding carboxylic acids is 2. The van der Waals surface area contributed by atoms with Crippen LogP contribution in [0.15, 0.2) is 48.5 Å². The molecule has 2 aromatic rings. The van der Waals surface area contributed by atoms with Gasteiger partial charge in [0.25, 0.3) is 0 Å². The second-order valence-corrected chi connectivity index (χ2v) is 16.9. The smallest absolute Gasteiger partial charge is 0.249 e. The minimum absolute atomic E-state index is 0.119. The van der Waals surface area contributed by atoms with Gasteiger partial charge in [0.05, 0.1) is 13.2 Å². The van der Waals surface area contributed by atoms with E-state index in [1.54, 1.807) is 0 Å². The fraction of sp³-hybridized carbons (Fsp3) is 0.689. The zero-order chi connectivity index (χ0) is 34.9. The molecule has 5 aliphatic rings. The lowest BCUT2D eigenvalue weighted by Gasteiger charge is -2.42. The van der Waals surface area contributed by atoms with Crippen molar-refractivity contribution in [3.8, 4) is 11.1 Å². The molecule has 0 saturated heterocycles. The second kappa shape index (κ2) is 17.9. The van der Waals surface area contributed by atoms with Crippen LogP contribution in [0.5, 0.6) is 0 Å². The van der Waals surface area contributed by atoms with Crippen molar-refractivity contribution < 1.29 is 19.1 Å². The fourth-order valence-corrected chi connectivity index (χ4v) is 10.7. The molecule has 6 heteroatoms. The lowest BCUT2D eigenvalue weighted by Crippen LogP contribution is -2.51. The van der Waals surface area contributed by atoms with E-state index in [0.29, 0.717) is 37.4 Å². The number of benzene rings is 2. The summed E-state index contributed by atoms with van der Waals surface area (Å²) in [6.45, 7) is 1.09. The first-order valence-corrected chi connectivity index (χ1v) is 21.0. The van der Waals surface area contributed by atoms with Gasteiger partial charge in [-0.25, -0.2) is 0 Å². The second-order valence-electron chi connectivity index (χ2n) is 16.9. The summed E-state index contributed by atoms with van der Waals surface area (Å²) in [7, 11) is 0. The van der Waals surface area contributed by atoms with E-state index in [1.807, 2.05) is 0 Å². The summed E-state index contributed by atoms with van der Waals surface area (Å²) in [4.78, 5) is 32.9. The Morgan fingerprint density at radius 1 is 0.490 bits per heavy atom. The maximum atomic E-state index is 14.2. The van der Waals surface area contributed by atoms with Gasteiger partial charge in [-0.3, -0.25) is 9.59 Å². The van der Waals surface area contributed by atoms with Gasteiger partial charge in [-0.15, -0.1) is 0 Å². The van der Waals surface area contributed by atoms with Gasteiger partial charge in [-0.05, 0) is 86.5 Å². The van der Waals surface area contributed by atoms with Crippen molar-refractivity contribution in [1.82, 2.24) is 9.80 Å². The van der Waals surface area contributed by atoms with Crippen LogP contribution in [-0.4, -0.2) is 72.2 Å². The Hall–Kier alpha value is -2.70. The number of amides is 2. The van der Waals surface area contributed by atoms with E-state index in [2.05, 4.69) is 58.3 Å². The first kappa shape index (κ1) is 36.6. The molecule has 6 nitrogen and oxygen atoms in total. The van der Waals surface area contributed by atoms with Crippen molar-refractivity contribution in [3.63, 3.8) is 0 Å². The Balaban J connectivity index is 1.09. The van der Waals surface area contributed by atoms with E-state index in [4.69, 9.17) is 9.47 Å². The largest absolute Gasteiger partial charge is 0.371 e. The van der Waals surface area contributed by atoms with Crippen molar-refractivity contribution in [1.29, 1.82) is 0 Å². The zero-order valence-corrected chi connectivity index (χ0v) is 31.3. The first-order valence-electron chi connectivity index (χ1n) is 21.0. The number of hydrogen-bond acceptors (Lipinski definition) is 4. The molecule has 0 unspecified atom stereocenters. The van der Waals surface area contributed by atoms with Crippen molar-refractivity contribution in [2.24, 2.45) is 5.41 Å². The van der Waals surface area contributed by atoms with Crippen LogP contribution in [0.4, 0.5) is 0 Å². The summed E-state index contributed by atoms with van der Waals surface area (Å²) in [5, 5.41) is 0. The number of ether oxygens (including phenoxy) is 2. The van der Waals surface area contributed by atoms with Crippen LogP contribution < -0.4 is 0 Å². The number of fused-ring (bicyclic) bond motifs is 3. The topological polar surface area (TPSA) is 59.1 Å². The van der Waals surface area contributed by atoms with E-state index >= 15 is 0 Å². The minimum atomic E-state index is -0.399. The predicted octanol–water partition coefficient (Wildman–Crippen LogP) is 9.46. The van der Waals surface area contributed by atoms with E-state index in [-0.39, 0.29) is 25.0 Å². The molecule has 278 valence electrons. The van der Waals surface area contributed by atoms with Crippen LogP contribution in [0.25, 0.3) is 11.1 Å². The van der Waals surface area contributed by atoms with Crippen LogP contribution in [0.3, 0.4) is 0 Å². The van der Waals surface area contributed by atoms with Crippen LogP contribution in [0.2, 0.25) is 0 Å². The molecule has 5 aliphatic carbocycles. The standard InChI is InChI=1S/C45H64N2O4/c48-43(46(37-19-5-1-6-20-37)38-21-7-2-8-22-38)31-50-33-45(29-35-17-13-15-27-41(35)42-28-16-14-18-36(42)30-45)34-51-32-44(49)47(39-23-9-3-10-24-39)40-25-11-4-12-26-40/h13-18,27-28,37-40H,1-12,19-26,29-34H2. The lowest BCUT2D eigenvalue weighted by molar-refractivity contribution is -0.147. The van der Waals surface area contributed by atoms with Gasteiger partial charge in [-0.2, -0.15) is 0 Å². The number of hydrogen-bond donors (Lipinski definition) is 0. The van der Waals surface area contributed by atoms with Crippen molar-refractivity contribution >= 4 is 11.8 Å². The van der Waals surface area contributed by atoms with Crippen LogP contribution in [0.1, 0.15) is 140 Å². The molecular formula is C45H64N2O4. The number of carbonyl (C=O) groups is 2. The molecule has 2 amide bonds. The zero-order valence-electron chi connectivity index (χ0n) is 31.3. The number of rotatable bonds is 12. The van der Waals surface area contributed by atoms with Gasteiger partial charge in [0, 0.05) is 29.6 Å². The lowest BCUT2D eigenvalue weighted by atomic mass is 9.79. The van der Waals surface area contributed by atoms with E-state index in [0.717, 1.165) is 64.2 Å². The highest BCUT2D eigenvalue weighted by Crippen LogP contribution is 2.41. The molecule has 4 fully saturated rings. The highest BCUT2D eigenvalue weighted by Gasteiger charge is 2.39. The molecule has 2 aromatic carbocycles. The monoisotopic (exact) mass is 696 g/mol. The van der Waals surface area contributed by atoms with Gasteiger partial charge in [-0.1, -0.05) is 126 Å². The van der Waals surface area contributed by atoms with Gasteiger partial charge in [0.2, 0.25) is 11.8 Å². The summed E-state index contributed by atoms with van der Waals surface area (Å²) >= 11 is 0. The Morgan fingerprint density at radius 3 is 1.14 bits per heavy atom.